The van der Waals surface area contributed by atoms with E-state index in [1.165, 1.54) is 25.3 Å². The average molecular weight is 434 g/mol. The van der Waals surface area contributed by atoms with Gasteiger partial charge in [-0.1, -0.05) is 11.8 Å². The SMILES string of the molecule is COC(=O)C(N)CSc1nonc1C(=Nc1ccc(F)c(Br)c1)NO. The number of carbonyl (C=O) groups excluding carboxylic acids is 1. The first kappa shape index (κ1) is 19.3. The van der Waals surface area contributed by atoms with E-state index in [4.69, 9.17) is 5.73 Å². The Bertz CT molecular complexity index is 788. The number of thioether (sulfide) groups is 1. The molecule has 0 aliphatic carbocycles. The second kappa shape index (κ2) is 8.89. The Morgan fingerprint density at radius 2 is 2.36 bits per heavy atom. The third kappa shape index (κ3) is 4.98. The van der Waals surface area contributed by atoms with E-state index in [1.807, 2.05) is 5.48 Å². The molecule has 25 heavy (non-hydrogen) atoms. The van der Waals surface area contributed by atoms with Gasteiger partial charge < -0.3 is 10.5 Å². The van der Waals surface area contributed by atoms with Crippen LogP contribution in [0.25, 0.3) is 0 Å². The van der Waals surface area contributed by atoms with Crippen molar-refractivity contribution in [1.29, 1.82) is 0 Å². The van der Waals surface area contributed by atoms with Crippen molar-refractivity contribution in [1.82, 2.24) is 15.8 Å². The summed E-state index contributed by atoms with van der Waals surface area (Å²) < 4.78 is 22.7. The average Bonchev–Trinajstić information content (AvgIpc) is 3.08. The molecule has 1 aromatic heterocycles. The molecule has 134 valence electrons. The summed E-state index contributed by atoms with van der Waals surface area (Å²) in [7, 11) is 1.23. The smallest absolute Gasteiger partial charge is 0.323 e. The number of ether oxygens (including phenoxy) is 1. The van der Waals surface area contributed by atoms with Crippen LogP contribution in [0.4, 0.5) is 10.1 Å². The second-order valence-corrected chi connectivity index (χ2v) is 6.39. The Morgan fingerprint density at radius 1 is 1.60 bits per heavy atom. The monoisotopic (exact) mass is 433 g/mol. The number of aromatic nitrogens is 2. The summed E-state index contributed by atoms with van der Waals surface area (Å²) in [6, 6.07) is 3.17. The molecular formula is C13H13BrFN5O4S. The lowest BCUT2D eigenvalue weighted by Crippen LogP contribution is -2.33. The number of hydroxylamine groups is 1. The summed E-state index contributed by atoms with van der Waals surface area (Å²) in [5, 5.41) is 16.9. The molecule has 1 atom stereocenters. The number of hydrogen-bond donors (Lipinski definition) is 3. The summed E-state index contributed by atoms with van der Waals surface area (Å²) in [5.41, 5.74) is 7.98. The van der Waals surface area contributed by atoms with Crippen LogP contribution >= 0.6 is 27.7 Å². The van der Waals surface area contributed by atoms with Gasteiger partial charge in [-0.15, -0.1) is 0 Å². The summed E-state index contributed by atoms with van der Waals surface area (Å²) in [6.07, 6.45) is 0. The first-order valence-electron chi connectivity index (χ1n) is 6.69. The summed E-state index contributed by atoms with van der Waals surface area (Å²) in [5.74, 6) is -0.951. The number of halogens is 2. The summed E-state index contributed by atoms with van der Waals surface area (Å²) in [6.45, 7) is 0. The Labute approximate surface area is 153 Å². The fraction of sp³-hybridized carbons (Fsp3) is 0.231. The minimum Gasteiger partial charge on any atom is -0.468 e. The van der Waals surface area contributed by atoms with E-state index in [0.29, 0.717) is 5.69 Å². The number of carbonyl (C=O) groups is 1. The van der Waals surface area contributed by atoms with Gasteiger partial charge in [0.25, 0.3) is 0 Å². The highest BCUT2D eigenvalue weighted by Gasteiger charge is 2.20. The Hall–Kier alpha value is -2.02. The number of nitrogens with one attached hydrogen (secondary N) is 1. The number of aliphatic imine (C=N–C) groups is 1. The molecule has 0 fully saturated rings. The van der Waals surface area contributed by atoms with E-state index in [2.05, 4.69) is 40.6 Å². The van der Waals surface area contributed by atoms with Crippen molar-refractivity contribution in [2.75, 3.05) is 12.9 Å². The van der Waals surface area contributed by atoms with Crippen molar-refractivity contribution in [3.8, 4) is 0 Å². The second-order valence-electron chi connectivity index (χ2n) is 4.53. The molecule has 0 radical (unpaired) electrons. The summed E-state index contributed by atoms with van der Waals surface area (Å²) in [4.78, 5) is 15.4. The third-order valence-corrected chi connectivity index (χ3v) is 4.51. The Balaban J connectivity index is 2.21. The number of benzene rings is 1. The normalized spacial score (nSPS) is 12.8. The molecular weight excluding hydrogens is 421 g/mol. The quantitative estimate of drug-likeness (QED) is 0.204. The van der Waals surface area contributed by atoms with Gasteiger partial charge in [-0.05, 0) is 44.4 Å². The Morgan fingerprint density at radius 3 is 3.00 bits per heavy atom. The predicted octanol–water partition coefficient (Wildman–Crippen LogP) is 1.62. The van der Waals surface area contributed by atoms with Crippen molar-refractivity contribution in [3.63, 3.8) is 0 Å². The number of nitrogens with two attached hydrogens (primary N) is 1. The Kier molecular flexibility index (Phi) is 6.87. The van der Waals surface area contributed by atoms with Crippen LogP contribution in [0.2, 0.25) is 0 Å². The van der Waals surface area contributed by atoms with Gasteiger partial charge in [0.05, 0.1) is 17.3 Å². The lowest BCUT2D eigenvalue weighted by molar-refractivity contribution is -0.141. The summed E-state index contributed by atoms with van der Waals surface area (Å²) >= 11 is 4.12. The molecule has 1 aromatic carbocycles. The number of rotatable bonds is 6. The number of methoxy groups -OCH3 is 1. The maximum Gasteiger partial charge on any atom is 0.323 e. The maximum absolute atomic E-state index is 13.3. The standard InChI is InChI=1S/C13H13BrFN5O4S/c1-23-13(21)9(16)5-25-12-10(19-24-20-12)11(18-22)17-6-2-3-8(15)7(14)4-6/h2-4,9,22H,5,16H2,1H3,(H,17,18). The van der Waals surface area contributed by atoms with E-state index in [1.54, 1.807) is 0 Å². The highest BCUT2D eigenvalue weighted by molar-refractivity contribution is 9.10. The molecule has 0 saturated carbocycles. The predicted molar refractivity (Wildman–Crippen MR) is 90.2 cm³/mol. The van der Waals surface area contributed by atoms with E-state index in [-0.39, 0.29) is 26.8 Å². The molecule has 1 heterocycles. The van der Waals surface area contributed by atoms with Gasteiger partial charge in [-0.3, -0.25) is 15.5 Å². The molecule has 2 rings (SSSR count). The van der Waals surface area contributed by atoms with Crippen molar-refractivity contribution >= 4 is 45.2 Å². The van der Waals surface area contributed by atoms with Crippen LogP contribution in [0, 0.1) is 5.82 Å². The molecule has 0 spiro atoms. The van der Waals surface area contributed by atoms with Crippen LogP contribution in [0.1, 0.15) is 5.69 Å². The van der Waals surface area contributed by atoms with Crippen LogP contribution < -0.4 is 11.2 Å². The topological polar surface area (TPSA) is 136 Å². The zero-order chi connectivity index (χ0) is 18.4. The van der Waals surface area contributed by atoms with Gasteiger partial charge in [-0.25, -0.2) is 14.0 Å². The molecule has 9 nitrogen and oxygen atoms in total. The molecule has 4 N–H and O–H groups in total. The van der Waals surface area contributed by atoms with E-state index < -0.39 is 17.8 Å². The largest absolute Gasteiger partial charge is 0.468 e. The number of esters is 1. The van der Waals surface area contributed by atoms with Gasteiger partial charge >= 0.3 is 5.97 Å². The maximum atomic E-state index is 13.3. The number of hydrogen-bond acceptors (Lipinski definition) is 9. The molecule has 12 heteroatoms. The molecule has 0 bridgehead atoms. The van der Waals surface area contributed by atoms with Gasteiger partial charge in [0.15, 0.2) is 16.6 Å². The third-order valence-electron chi connectivity index (χ3n) is 2.84. The zero-order valence-electron chi connectivity index (χ0n) is 12.8. The molecule has 0 aliphatic rings. The van der Waals surface area contributed by atoms with Crippen LogP contribution in [-0.2, 0) is 9.53 Å². The molecule has 1 unspecified atom stereocenters. The van der Waals surface area contributed by atoms with E-state index in [9.17, 15) is 14.4 Å². The molecule has 0 amide bonds. The van der Waals surface area contributed by atoms with Gasteiger partial charge in [0, 0.05) is 5.75 Å². The number of amidine groups is 1. The molecule has 0 aliphatic heterocycles. The zero-order valence-corrected chi connectivity index (χ0v) is 15.2. The fourth-order valence-electron chi connectivity index (χ4n) is 1.62. The van der Waals surface area contributed by atoms with Gasteiger partial charge in [0.2, 0.25) is 0 Å². The van der Waals surface area contributed by atoms with E-state index >= 15 is 0 Å². The van der Waals surface area contributed by atoms with Crippen LogP contribution in [0.15, 0.2) is 37.3 Å². The highest BCUT2D eigenvalue weighted by Crippen LogP contribution is 2.24. The first-order valence-corrected chi connectivity index (χ1v) is 8.47. The van der Waals surface area contributed by atoms with Crippen LogP contribution in [-0.4, -0.2) is 46.2 Å². The van der Waals surface area contributed by atoms with Crippen LogP contribution in [0.3, 0.4) is 0 Å². The van der Waals surface area contributed by atoms with Crippen molar-refractivity contribution < 1.29 is 23.8 Å². The molecule has 2 aromatic rings. The van der Waals surface area contributed by atoms with Crippen molar-refractivity contribution in [3.05, 3.63) is 34.2 Å². The van der Waals surface area contributed by atoms with Crippen LogP contribution in [0.5, 0.6) is 0 Å². The fourth-order valence-corrected chi connectivity index (χ4v) is 2.82. The minimum atomic E-state index is -0.866. The first-order chi connectivity index (χ1) is 12.0. The van der Waals surface area contributed by atoms with Gasteiger partial charge in [-0.2, -0.15) is 0 Å². The lowest BCUT2D eigenvalue weighted by atomic mass is 10.3. The minimum absolute atomic E-state index is 0.0751. The van der Waals surface area contributed by atoms with E-state index in [0.717, 1.165) is 11.8 Å². The number of nitrogens with zero attached hydrogens (tertiary/aromatic N) is 3. The van der Waals surface area contributed by atoms with Gasteiger partial charge in [0.1, 0.15) is 11.9 Å². The molecule has 0 saturated heterocycles. The highest BCUT2D eigenvalue weighted by atomic mass is 79.9. The lowest BCUT2D eigenvalue weighted by Gasteiger charge is -2.07. The van der Waals surface area contributed by atoms with Crippen molar-refractivity contribution in [2.45, 2.75) is 11.1 Å². The van der Waals surface area contributed by atoms with Crippen molar-refractivity contribution in [2.24, 2.45) is 10.7 Å².